The standard InChI is InChI=1S/C53H95NO18/c1-3-5-7-9-10-11-12-13-14-15-16-17-18-19-20-21-22-23-24-25-26-27-28-30-37(58)36(54-41(59)31-29-8-6-4-2)35-67-51-47(65)44(62)49(39(33-56)69-51)72-53-48(66)45(63)50(40(34-57)70-53)71-52-46(64)43(61)42(60)38(32-55)68-52/h20-21,24-25,28,30,36-40,42-53,55-58,60-66H,3-19,22-23,26-27,29,31-35H2,1-2H3,(H,54,59)/b21-20+,25-24+,30-28+. The van der Waals surface area contributed by atoms with Gasteiger partial charge in [-0.05, 0) is 44.9 Å². The van der Waals surface area contributed by atoms with E-state index < -0.39 is 124 Å². The van der Waals surface area contributed by atoms with Crippen molar-refractivity contribution in [2.45, 2.75) is 266 Å². The lowest BCUT2D eigenvalue weighted by Gasteiger charge is -2.48. The predicted molar refractivity (Wildman–Crippen MR) is 268 cm³/mol. The third kappa shape index (κ3) is 22.7. The van der Waals surface area contributed by atoms with Crippen LogP contribution in [-0.2, 0) is 33.2 Å². The summed E-state index contributed by atoms with van der Waals surface area (Å²) < 4.78 is 34.0. The highest BCUT2D eigenvalue weighted by molar-refractivity contribution is 5.76. The number of aliphatic hydroxyl groups excluding tert-OH is 11. The van der Waals surface area contributed by atoms with Gasteiger partial charge in [-0.25, -0.2) is 0 Å². The number of nitrogens with one attached hydrogen (secondary N) is 1. The molecule has 0 aromatic rings. The second kappa shape index (κ2) is 37.7. The number of aliphatic hydroxyl groups is 11. The normalized spacial score (nSPS) is 32.3. The molecule has 0 aliphatic carbocycles. The fourth-order valence-electron chi connectivity index (χ4n) is 9.10. The van der Waals surface area contributed by atoms with Crippen molar-refractivity contribution < 1.29 is 89.4 Å². The molecule has 19 nitrogen and oxygen atoms in total. The molecule has 19 heteroatoms. The van der Waals surface area contributed by atoms with Gasteiger partial charge in [-0.2, -0.15) is 0 Å². The van der Waals surface area contributed by atoms with Crippen molar-refractivity contribution in [3.8, 4) is 0 Å². The maximum atomic E-state index is 13.0. The Kier molecular flexibility index (Phi) is 33.7. The quantitative estimate of drug-likeness (QED) is 0.0313. The predicted octanol–water partition coefficient (Wildman–Crippen LogP) is 2.98. The zero-order chi connectivity index (χ0) is 52.7. The van der Waals surface area contributed by atoms with Crippen molar-refractivity contribution >= 4 is 5.91 Å². The molecule has 3 fully saturated rings. The minimum atomic E-state index is -1.98. The van der Waals surface area contributed by atoms with Crippen molar-refractivity contribution in [3.05, 3.63) is 36.5 Å². The van der Waals surface area contributed by atoms with Crippen LogP contribution in [0.4, 0.5) is 0 Å². The number of amides is 1. The summed E-state index contributed by atoms with van der Waals surface area (Å²) in [5, 5.41) is 119. The molecule has 0 aromatic carbocycles. The van der Waals surface area contributed by atoms with Crippen LogP contribution in [0.2, 0.25) is 0 Å². The molecule has 0 aromatic heterocycles. The summed E-state index contributed by atoms with van der Waals surface area (Å²) in [7, 11) is 0. The number of rotatable bonds is 38. The van der Waals surface area contributed by atoms with E-state index in [9.17, 15) is 61.0 Å². The Balaban J connectivity index is 1.46. The van der Waals surface area contributed by atoms with Crippen LogP contribution in [0, 0.1) is 0 Å². The van der Waals surface area contributed by atoms with E-state index in [4.69, 9.17) is 28.4 Å². The Morgan fingerprint density at radius 2 is 0.889 bits per heavy atom. The number of hydrogen-bond donors (Lipinski definition) is 12. The lowest BCUT2D eigenvalue weighted by atomic mass is 9.96. The van der Waals surface area contributed by atoms with Gasteiger partial charge in [-0.3, -0.25) is 4.79 Å². The average molecular weight is 1030 g/mol. The van der Waals surface area contributed by atoms with E-state index >= 15 is 0 Å². The number of carbonyl (C=O) groups excluding carboxylic acids is 1. The molecule has 17 unspecified atom stereocenters. The molecular formula is C53H95NO18. The van der Waals surface area contributed by atoms with Gasteiger partial charge >= 0.3 is 0 Å². The minimum Gasteiger partial charge on any atom is -0.394 e. The molecule has 3 aliphatic heterocycles. The first-order valence-electron chi connectivity index (χ1n) is 27.2. The molecule has 3 heterocycles. The van der Waals surface area contributed by atoms with E-state index in [0.717, 1.165) is 44.9 Å². The summed E-state index contributed by atoms with van der Waals surface area (Å²) in [6.07, 6.45) is 11.0. The van der Waals surface area contributed by atoms with Gasteiger partial charge < -0.3 is 89.9 Å². The summed E-state index contributed by atoms with van der Waals surface area (Å²) in [5.74, 6) is -0.310. The highest BCUT2D eigenvalue weighted by Gasteiger charge is 2.53. The number of unbranched alkanes of at least 4 members (excludes halogenated alkanes) is 18. The molecule has 0 radical (unpaired) electrons. The van der Waals surface area contributed by atoms with Crippen LogP contribution >= 0.6 is 0 Å². The lowest BCUT2D eigenvalue weighted by Crippen LogP contribution is -2.66. The Bertz CT molecular complexity index is 1470. The van der Waals surface area contributed by atoms with Gasteiger partial charge in [-0.1, -0.05) is 147 Å². The summed E-state index contributed by atoms with van der Waals surface area (Å²) in [6, 6.07) is -0.989. The fraction of sp³-hybridized carbons (Fsp3) is 0.868. The minimum absolute atomic E-state index is 0.223. The Hall–Kier alpha value is -1.99. The van der Waals surface area contributed by atoms with Crippen LogP contribution in [0.1, 0.15) is 162 Å². The third-order valence-corrected chi connectivity index (χ3v) is 13.7. The zero-order valence-electron chi connectivity index (χ0n) is 43.1. The molecule has 1 amide bonds. The highest BCUT2D eigenvalue weighted by Crippen LogP contribution is 2.33. The molecular weight excluding hydrogens is 939 g/mol. The summed E-state index contributed by atoms with van der Waals surface area (Å²) >= 11 is 0. The topological polar surface area (TPSA) is 307 Å². The van der Waals surface area contributed by atoms with E-state index in [1.807, 2.05) is 6.08 Å². The maximum Gasteiger partial charge on any atom is 0.220 e. The third-order valence-electron chi connectivity index (χ3n) is 13.7. The number of carbonyl (C=O) groups is 1. The Labute approximate surface area is 428 Å². The van der Waals surface area contributed by atoms with E-state index in [2.05, 4.69) is 43.5 Å². The van der Waals surface area contributed by atoms with E-state index in [1.54, 1.807) is 6.08 Å². The fourth-order valence-corrected chi connectivity index (χ4v) is 9.10. The molecule has 3 rings (SSSR count). The van der Waals surface area contributed by atoms with Crippen LogP contribution in [-0.4, -0.2) is 193 Å². The Morgan fingerprint density at radius 3 is 1.39 bits per heavy atom. The van der Waals surface area contributed by atoms with Gasteiger partial charge in [0.05, 0.1) is 38.6 Å². The number of ether oxygens (including phenoxy) is 6. The largest absolute Gasteiger partial charge is 0.394 e. The lowest BCUT2D eigenvalue weighted by molar-refractivity contribution is -0.379. The van der Waals surface area contributed by atoms with Crippen LogP contribution in [0.25, 0.3) is 0 Å². The van der Waals surface area contributed by atoms with Gasteiger partial charge in [0.2, 0.25) is 5.91 Å². The molecule has 72 heavy (non-hydrogen) atoms. The highest BCUT2D eigenvalue weighted by atomic mass is 16.8. The Morgan fingerprint density at radius 1 is 0.486 bits per heavy atom. The van der Waals surface area contributed by atoms with Crippen molar-refractivity contribution in [1.82, 2.24) is 5.32 Å². The second-order valence-corrected chi connectivity index (χ2v) is 19.7. The SMILES string of the molecule is CCCCCCCCCCCCCCC/C=C/CC/C=C/CC/C=C/C(O)C(COC1OC(CO)C(OC2OC(CO)C(OC3OC(CO)C(O)C(O)C3O)C(O)C2O)C(O)C1O)NC(=O)CCCCCC. The van der Waals surface area contributed by atoms with Gasteiger partial charge in [0, 0.05) is 6.42 Å². The average Bonchev–Trinajstić information content (AvgIpc) is 3.38. The van der Waals surface area contributed by atoms with Gasteiger partial charge in [0.15, 0.2) is 18.9 Å². The van der Waals surface area contributed by atoms with Gasteiger partial charge in [0.1, 0.15) is 73.2 Å². The zero-order valence-corrected chi connectivity index (χ0v) is 43.1. The monoisotopic (exact) mass is 1030 g/mol. The van der Waals surface area contributed by atoms with Gasteiger partial charge in [-0.15, -0.1) is 0 Å². The number of hydrogen-bond acceptors (Lipinski definition) is 18. The second-order valence-electron chi connectivity index (χ2n) is 19.7. The van der Waals surface area contributed by atoms with Crippen molar-refractivity contribution in [1.29, 1.82) is 0 Å². The molecule has 3 saturated heterocycles. The van der Waals surface area contributed by atoms with E-state index in [-0.39, 0.29) is 18.9 Å². The molecule has 17 atom stereocenters. The van der Waals surface area contributed by atoms with Crippen LogP contribution in [0.15, 0.2) is 36.5 Å². The first-order valence-corrected chi connectivity index (χ1v) is 27.2. The maximum absolute atomic E-state index is 13.0. The van der Waals surface area contributed by atoms with Crippen LogP contribution in [0.3, 0.4) is 0 Å². The summed E-state index contributed by atoms with van der Waals surface area (Å²) in [6.45, 7) is 1.52. The van der Waals surface area contributed by atoms with Crippen LogP contribution in [0.5, 0.6) is 0 Å². The van der Waals surface area contributed by atoms with Crippen molar-refractivity contribution in [3.63, 3.8) is 0 Å². The van der Waals surface area contributed by atoms with Gasteiger partial charge in [0.25, 0.3) is 0 Å². The molecule has 0 saturated carbocycles. The van der Waals surface area contributed by atoms with Crippen molar-refractivity contribution in [2.24, 2.45) is 0 Å². The molecule has 3 aliphatic rings. The molecule has 0 spiro atoms. The first kappa shape index (κ1) is 64.3. The first-order chi connectivity index (χ1) is 34.8. The number of allylic oxidation sites excluding steroid dienone is 5. The molecule has 420 valence electrons. The summed E-state index contributed by atoms with van der Waals surface area (Å²) in [4.78, 5) is 13.0. The summed E-state index contributed by atoms with van der Waals surface area (Å²) in [5.41, 5.74) is 0. The molecule has 12 N–H and O–H groups in total. The molecule has 0 bridgehead atoms. The smallest absolute Gasteiger partial charge is 0.220 e. The van der Waals surface area contributed by atoms with E-state index in [1.165, 1.54) is 83.5 Å². The van der Waals surface area contributed by atoms with Crippen LogP contribution < -0.4 is 5.32 Å². The van der Waals surface area contributed by atoms with Crippen molar-refractivity contribution in [2.75, 3.05) is 26.4 Å². The van der Waals surface area contributed by atoms with E-state index in [0.29, 0.717) is 12.8 Å².